The van der Waals surface area contributed by atoms with E-state index in [0.29, 0.717) is 0 Å². The Kier molecular flexibility index (Phi) is 7.07. The molecule has 0 spiro atoms. The second kappa shape index (κ2) is 8.56. The molecule has 0 aromatic carbocycles. The lowest BCUT2D eigenvalue weighted by Gasteiger charge is -2.37. The molecule has 2 fully saturated rings. The maximum Gasteiger partial charge on any atom is 0.0189 e. The van der Waals surface area contributed by atoms with Gasteiger partial charge in [0.25, 0.3) is 0 Å². The number of rotatable bonds is 7. The molecule has 3 unspecified atom stereocenters. The molecule has 0 aromatic heterocycles. The van der Waals surface area contributed by atoms with Crippen LogP contribution in [0.25, 0.3) is 0 Å². The molecule has 112 valence electrons. The van der Waals surface area contributed by atoms with Gasteiger partial charge in [0.15, 0.2) is 0 Å². The second-order valence-corrected chi connectivity index (χ2v) is 7.85. The average molecular weight is 284 g/mol. The lowest BCUT2D eigenvalue weighted by molar-refractivity contribution is 0.186. The zero-order valence-electron chi connectivity index (χ0n) is 13.0. The smallest absolute Gasteiger partial charge is 0.0189 e. The van der Waals surface area contributed by atoms with Crippen molar-refractivity contribution in [1.29, 1.82) is 0 Å². The van der Waals surface area contributed by atoms with E-state index in [4.69, 9.17) is 0 Å². The minimum Gasteiger partial charge on any atom is -0.313 e. The highest BCUT2D eigenvalue weighted by atomic mass is 32.2. The zero-order valence-corrected chi connectivity index (χ0v) is 13.8. The Morgan fingerprint density at radius 1 is 1.00 bits per heavy atom. The van der Waals surface area contributed by atoms with E-state index in [9.17, 15) is 0 Å². The van der Waals surface area contributed by atoms with Crippen LogP contribution in [-0.2, 0) is 0 Å². The Morgan fingerprint density at radius 2 is 1.68 bits per heavy atom. The Bertz CT molecular complexity index is 237. The Labute approximate surface area is 124 Å². The van der Waals surface area contributed by atoms with E-state index < -0.39 is 0 Å². The summed E-state index contributed by atoms with van der Waals surface area (Å²) in [5.74, 6) is 3.30. The van der Waals surface area contributed by atoms with Crippen LogP contribution in [0.3, 0.4) is 0 Å². The molecule has 0 saturated heterocycles. The second-order valence-electron chi connectivity index (χ2n) is 6.52. The first-order valence-corrected chi connectivity index (χ1v) is 9.75. The maximum atomic E-state index is 3.82. The predicted molar refractivity (Wildman–Crippen MR) is 87.9 cm³/mol. The van der Waals surface area contributed by atoms with Crippen molar-refractivity contribution < 1.29 is 0 Å². The summed E-state index contributed by atoms with van der Waals surface area (Å²) in [7, 11) is 0. The van der Waals surface area contributed by atoms with Gasteiger partial charge >= 0.3 is 0 Å². The van der Waals surface area contributed by atoms with Crippen LogP contribution >= 0.6 is 11.8 Å². The van der Waals surface area contributed by atoms with Crippen molar-refractivity contribution in [3.63, 3.8) is 0 Å². The SMILES string of the molecule is CCNC(CSC1CCCC1)C1CCCCC1CC. The summed E-state index contributed by atoms with van der Waals surface area (Å²) in [5, 5.41) is 4.80. The number of nitrogens with one attached hydrogen (secondary N) is 1. The molecule has 2 aliphatic carbocycles. The molecule has 1 N–H and O–H groups in total. The van der Waals surface area contributed by atoms with Gasteiger partial charge in [-0.05, 0) is 37.6 Å². The highest BCUT2D eigenvalue weighted by Gasteiger charge is 2.31. The molecule has 0 amide bonds. The van der Waals surface area contributed by atoms with E-state index in [2.05, 4.69) is 30.9 Å². The fourth-order valence-corrected chi connectivity index (χ4v) is 5.68. The van der Waals surface area contributed by atoms with Crippen molar-refractivity contribution in [2.45, 2.75) is 82.9 Å². The van der Waals surface area contributed by atoms with Gasteiger partial charge in [-0.3, -0.25) is 0 Å². The highest BCUT2D eigenvalue weighted by Crippen LogP contribution is 2.37. The monoisotopic (exact) mass is 283 g/mol. The van der Waals surface area contributed by atoms with Gasteiger partial charge < -0.3 is 5.32 Å². The van der Waals surface area contributed by atoms with Gasteiger partial charge in [-0.2, -0.15) is 11.8 Å². The van der Waals surface area contributed by atoms with Crippen molar-refractivity contribution in [3.8, 4) is 0 Å². The predicted octanol–water partition coefficient (Wildman–Crippen LogP) is 4.86. The third kappa shape index (κ3) is 4.67. The molecule has 0 radical (unpaired) electrons. The summed E-state index contributed by atoms with van der Waals surface area (Å²) in [6, 6.07) is 0.779. The van der Waals surface area contributed by atoms with E-state index in [0.717, 1.165) is 29.7 Å². The van der Waals surface area contributed by atoms with E-state index >= 15 is 0 Å². The van der Waals surface area contributed by atoms with Gasteiger partial charge in [-0.15, -0.1) is 0 Å². The van der Waals surface area contributed by atoms with Crippen LogP contribution in [0.4, 0.5) is 0 Å². The normalized spacial score (nSPS) is 30.6. The van der Waals surface area contributed by atoms with Crippen LogP contribution in [0.15, 0.2) is 0 Å². The Hall–Kier alpha value is 0.310. The van der Waals surface area contributed by atoms with Gasteiger partial charge in [0, 0.05) is 17.0 Å². The number of hydrogen-bond acceptors (Lipinski definition) is 2. The van der Waals surface area contributed by atoms with E-state index in [1.54, 1.807) is 0 Å². The molecule has 2 rings (SSSR count). The standard InChI is InChI=1S/C17H33NS/c1-3-14-9-5-8-12-16(14)17(18-4-2)13-19-15-10-6-7-11-15/h14-18H,3-13H2,1-2H3. The van der Waals surface area contributed by atoms with Crippen molar-refractivity contribution >= 4 is 11.8 Å². The molecular weight excluding hydrogens is 250 g/mol. The summed E-state index contributed by atoms with van der Waals surface area (Å²) < 4.78 is 0. The molecule has 19 heavy (non-hydrogen) atoms. The first kappa shape index (κ1) is 15.7. The summed E-state index contributed by atoms with van der Waals surface area (Å²) in [6.45, 7) is 5.82. The van der Waals surface area contributed by atoms with E-state index in [-0.39, 0.29) is 0 Å². The topological polar surface area (TPSA) is 12.0 Å². The zero-order chi connectivity index (χ0) is 13.5. The van der Waals surface area contributed by atoms with Crippen molar-refractivity contribution in [2.75, 3.05) is 12.3 Å². The van der Waals surface area contributed by atoms with Crippen LogP contribution < -0.4 is 5.32 Å². The average Bonchev–Trinajstić information content (AvgIpc) is 2.96. The number of hydrogen-bond donors (Lipinski definition) is 1. The van der Waals surface area contributed by atoms with E-state index in [1.165, 1.54) is 63.5 Å². The fraction of sp³-hybridized carbons (Fsp3) is 1.00. The molecule has 0 aliphatic heterocycles. The van der Waals surface area contributed by atoms with Crippen molar-refractivity contribution in [3.05, 3.63) is 0 Å². The van der Waals surface area contributed by atoms with Gasteiger partial charge in [-0.1, -0.05) is 52.4 Å². The number of thioether (sulfide) groups is 1. The van der Waals surface area contributed by atoms with Crippen LogP contribution in [-0.4, -0.2) is 23.6 Å². The molecule has 2 aliphatic rings. The molecule has 0 aromatic rings. The lowest BCUT2D eigenvalue weighted by atomic mass is 9.74. The molecule has 1 nitrogen and oxygen atoms in total. The van der Waals surface area contributed by atoms with Crippen molar-refractivity contribution in [2.24, 2.45) is 11.8 Å². The maximum absolute atomic E-state index is 3.82. The summed E-state index contributed by atoms with van der Waals surface area (Å²) in [4.78, 5) is 0. The van der Waals surface area contributed by atoms with E-state index in [1.807, 2.05) is 0 Å². The molecule has 2 saturated carbocycles. The summed E-state index contributed by atoms with van der Waals surface area (Å²) in [6.07, 6.45) is 13.2. The quantitative estimate of drug-likeness (QED) is 0.716. The van der Waals surface area contributed by atoms with Gasteiger partial charge in [0.1, 0.15) is 0 Å². The van der Waals surface area contributed by atoms with Crippen LogP contribution in [0, 0.1) is 11.8 Å². The van der Waals surface area contributed by atoms with Gasteiger partial charge in [-0.25, -0.2) is 0 Å². The van der Waals surface area contributed by atoms with Crippen LogP contribution in [0.5, 0.6) is 0 Å². The lowest BCUT2D eigenvalue weighted by Crippen LogP contribution is -2.43. The van der Waals surface area contributed by atoms with Crippen molar-refractivity contribution in [1.82, 2.24) is 5.32 Å². The fourth-order valence-electron chi connectivity index (χ4n) is 4.16. The van der Waals surface area contributed by atoms with Crippen LogP contribution in [0.1, 0.15) is 71.6 Å². The molecule has 2 heteroatoms. The molecule has 0 bridgehead atoms. The summed E-state index contributed by atoms with van der Waals surface area (Å²) >= 11 is 2.28. The third-order valence-corrected chi connectivity index (χ3v) is 6.78. The molecule has 0 heterocycles. The van der Waals surface area contributed by atoms with Gasteiger partial charge in [0.05, 0.1) is 0 Å². The minimum atomic E-state index is 0.779. The summed E-state index contributed by atoms with van der Waals surface area (Å²) in [5.41, 5.74) is 0. The Morgan fingerprint density at radius 3 is 2.37 bits per heavy atom. The largest absolute Gasteiger partial charge is 0.313 e. The highest BCUT2D eigenvalue weighted by molar-refractivity contribution is 7.99. The Balaban J connectivity index is 1.85. The first-order chi connectivity index (χ1) is 9.35. The molecule has 3 atom stereocenters. The van der Waals surface area contributed by atoms with Gasteiger partial charge in [0.2, 0.25) is 0 Å². The third-order valence-electron chi connectivity index (χ3n) is 5.29. The first-order valence-electron chi connectivity index (χ1n) is 8.70. The minimum absolute atomic E-state index is 0.779. The van der Waals surface area contributed by atoms with Crippen LogP contribution in [0.2, 0.25) is 0 Å². The molecular formula is C17H33NS.